The van der Waals surface area contributed by atoms with Crippen LogP contribution < -0.4 is 107 Å². The Morgan fingerprint density at radius 3 is 0.948 bits per heavy atom. The van der Waals surface area contributed by atoms with Crippen molar-refractivity contribution in [3.05, 3.63) is 147 Å². The SMILES string of the molecule is CN(C)CCCn1cc[n+](CCC[NH+](C)C)c1N=Nc1ccc(N(C)C)cc1.CN(C)c1ccc(N=Nc2n(CCCCCN)cc[n+]2C)cc1.CN(C)c1ccc(N=Nc2n(CCCCN)cc[n+]2CCCCN)cc1.CN(C)c1ccc(N=Nc2n(CCCN)cc[n+]2C)cc1.O=C(O)C(F)(F)F.O=C(O)C(F)(F)F.[Br-].[Cl-].[Cl-]. The molecule has 0 spiro atoms. The maximum absolute atomic E-state index is 10.6. The van der Waals surface area contributed by atoms with Crippen LogP contribution in [0.15, 0.2) is 188 Å². The molecule has 0 atom stereocenters. The van der Waals surface area contributed by atoms with E-state index in [4.69, 9.17) is 42.7 Å². The molecule has 8 aromatic rings. The van der Waals surface area contributed by atoms with Gasteiger partial charge in [0.1, 0.15) is 22.7 Å². The minimum absolute atomic E-state index is 0. The molecule has 39 heteroatoms. The number of aromatic nitrogens is 8. The van der Waals surface area contributed by atoms with Gasteiger partial charge in [-0.15, -0.1) is 0 Å². The van der Waals surface area contributed by atoms with E-state index < -0.39 is 24.3 Å². The molecule has 0 aliphatic carbocycles. The number of carboxylic acid groups (broad SMARTS) is 2. The van der Waals surface area contributed by atoms with E-state index in [0.29, 0.717) is 19.6 Å². The van der Waals surface area contributed by atoms with Crippen molar-refractivity contribution in [1.29, 1.82) is 0 Å². The summed E-state index contributed by atoms with van der Waals surface area (Å²) in [6.07, 6.45) is 16.8. The molecule has 0 aliphatic heterocycles. The van der Waals surface area contributed by atoms with Gasteiger partial charge in [-0.2, -0.15) is 26.3 Å². The number of nitrogens with zero attached hydrogens (tertiary/aromatic N) is 21. The number of alkyl halides is 6. The summed E-state index contributed by atoms with van der Waals surface area (Å²) in [5.41, 5.74) is 30.3. The summed E-state index contributed by atoms with van der Waals surface area (Å²) in [6, 6.07) is 32.3. The minimum atomic E-state index is -5.08. The molecular formula is C76H121BrCl2F6N26O4+2. The van der Waals surface area contributed by atoms with E-state index >= 15 is 0 Å². The smallest absolute Gasteiger partial charge is 0.490 e. The van der Waals surface area contributed by atoms with E-state index in [0.717, 1.165) is 192 Å². The highest BCUT2D eigenvalue weighted by molar-refractivity contribution is 5.73. The molecule has 4 aromatic carbocycles. The zero-order valence-electron chi connectivity index (χ0n) is 68.7. The fraction of sp³-hybridized carbons (Fsp3) is 0.500. The van der Waals surface area contributed by atoms with Crippen molar-refractivity contribution in [2.75, 3.05) is 143 Å². The molecule has 0 saturated heterocycles. The molecule has 4 heterocycles. The molecule has 115 heavy (non-hydrogen) atoms. The van der Waals surface area contributed by atoms with Crippen molar-refractivity contribution >= 4 is 81.2 Å². The van der Waals surface area contributed by atoms with Crippen molar-refractivity contribution in [3.8, 4) is 0 Å². The highest BCUT2D eigenvalue weighted by atomic mass is 79.9. The standard InChI is InChI=1S/C21H36N7.C19H32N7.C17H27N6.C15H23N6.2C2HF3O2.BrH.2ClH/c1-24(2)13-7-15-27-17-18-28(16-8-14-25(3)4)21(27)23-22-19-9-11-20(12-10-19)26(5)6;1-24(2)18-9-7-17(8-10-18)22-23-19-25(13-5-3-11-20)15-16-26(19)14-6-4-12-21;1-21(2)16-9-7-15(8-10-16)19-20-17-22(3)13-14-23(17)12-6-4-5-11-18;1-19(2)14-7-5-13(6-8-14)17-18-15-20(3)11-12-21(15)10-4-9-16;2*3-2(4,5)1(6)7;;;/h9-12,17-18H,7-8,13-16H2,1-6H3;7-10,15-16H,3-6,11-14,20-21H2,1-2H3;7-10,13-14H,4-6,11-12,18H2,1-3H3;5-8,11-12H,4,9-10,16H2,1-3H3;2*(H,6,7);3*1H/q4*+1;;;;;/p-2. The lowest BCUT2D eigenvalue weighted by molar-refractivity contribution is -0.861. The Hall–Kier alpha value is -9.34. The number of hydrogen-bond acceptors (Lipinski definition) is 19. The van der Waals surface area contributed by atoms with Crippen LogP contribution in [0.5, 0.6) is 0 Å². The van der Waals surface area contributed by atoms with E-state index in [9.17, 15) is 26.3 Å². The zero-order chi connectivity index (χ0) is 83.3. The number of aryl methyl sites for hydroxylation is 8. The molecule has 640 valence electrons. The Labute approximate surface area is 695 Å². The van der Waals surface area contributed by atoms with Crippen molar-refractivity contribution < 1.29 is 111 Å². The average Bonchev–Trinajstić information content (AvgIpc) is 1.73. The van der Waals surface area contributed by atoms with Gasteiger partial charge in [0.05, 0.1) is 124 Å². The maximum Gasteiger partial charge on any atom is 0.490 e. The first-order valence-electron chi connectivity index (χ1n) is 37.0. The summed E-state index contributed by atoms with van der Waals surface area (Å²) >= 11 is 0. The fourth-order valence-electron chi connectivity index (χ4n) is 10.0. The number of rotatable bonds is 36. The van der Waals surface area contributed by atoms with Gasteiger partial charge in [-0.3, -0.25) is 0 Å². The number of carbonyl (C=O) groups is 2. The van der Waals surface area contributed by atoms with Gasteiger partial charge in [0.15, 0.2) is 0 Å². The quantitative estimate of drug-likeness (QED) is 0.0128. The topological polar surface area (TPSA) is 333 Å². The minimum Gasteiger partial charge on any atom is -1.00 e. The maximum atomic E-state index is 10.6. The van der Waals surface area contributed by atoms with Gasteiger partial charge in [-0.25, -0.2) is 46.1 Å². The third-order valence-electron chi connectivity index (χ3n) is 16.4. The summed E-state index contributed by atoms with van der Waals surface area (Å²) < 4.78 is 80.3. The molecule has 0 radical (unpaired) electrons. The van der Waals surface area contributed by atoms with E-state index in [-0.39, 0.29) is 41.8 Å². The largest absolute Gasteiger partial charge is 1.00 e. The van der Waals surface area contributed by atoms with Crippen LogP contribution in [0.2, 0.25) is 0 Å². The van der Waals surface area contributed by atoms with Crippen LogP contribution in [0.1, 0.15) is 64.2 Å². The predicted molar refractivity (Wildman–Crippen MR) is 426 cm³/mol. The van der Waals surface area contributed by atoms with Gasteiger partial charge in [0.2, 0.25) is 0 Å². The first kappa shape index (κ1) is 106. The summed E-state index contributed by atoms with van der Waals surface area (Å²) in [5.74, 6) is -2.05. The number of benzene rings is 4. The van der Waals surface area contributed by atoms with Gasteiger partial charge < -0.3 is 104 Å². The van der Waals surface area contributed by atoms with Crippen molar-refractivity contribution in [2.24, 2.45) is 77.9 Å². The number of hydrogen-bond donors (Lipinski definition) is 7. The number of unbranched alkanes of at least 4 members (excludes halogenated alkanes) is 4. The molecule has 0 fully saturated rings. The van der Waals surface area contributed by atoms with Crippen LogP contribution in [0, 0.1) is 0 Å². The molecule has 4 aromatic heterocycles. The first-order chi connectivity index (χ1) is 53.1. The van der Waals surface area contributed by atoms with Crippen LogP contribution in [0.25, 0.3) is 0 Å². The number of imidazole rings is 4. The normalized spacial score (nSPS) is 11.1. The second kappa shape index (κ2) is 56.8. The van der Waals surface area contributed by atoms with Gasteiger partial charge in [0.25, 0.3) is 0 Å². The average molecular weight is 1730 g/mol. The molecule has 0 saturated carbocycles. The number of azo groups is 4. The molecule has 0 bridgehead atoms. The molecule has 11 N–H and O–H groups in total. The van der Waals surface area contributed by atoms with Gasteiger partial charge in [-0.05, 0) is 195 Å². The third-order valence-corrected chi connectivity index (χ3v) is 16.4. The highest BCUT2D eigenvalue weighted by Crippen LogP contribution is 2.26. The lowest BCUT2D eigenvalue weighted by Crippen LogP contribution is -3.05. The summed E-state index contributed by atoms with van der Waals surface area (Å²) in [7, 11) is 28.7. The van der Waals surface area contributed by atoms with Crippen molar-refractivity contribution in [3.63, 3.8) is 0 Å². The fourth-order valence-corrected chi connectivity index (χ4v) is 10.0. The lowest BCUT2D eigenvalue weighted by Gasteiger charge is -2.11. The van der Waals surface area contributed by atoms with Crippen LogP contribution in [0.3, 0.4) is 0 Å². The number of anilines is 4. The Morgan fingerprint density at radius 1 is 0.391 bits per heavy atom. The van der Waals surface area contributed by atoms with Crippen LogP contribution in [-0.2, 0) is 63.0 Å². The molecule has 30 nitrogen and oxygen atoms in total. The predicted octanol–water partition coefficient (Wildman–Crippen LogP) is 1.82. The summed E-state index contributed by atoms with van der Waals surface area (Å²) in [6.45, 7) is 10.5. The van der Waals surface area contributed by atoms with Crippen molar-refractivity contribution in [2.45, 2.75) is 116 Å². The van der Waals surface area contributed by atoms with E-state index in [1.54, 1.807) is 0 Å². The Morgan fingerprint density at radius 2 is 0.652 bits per heavy atom. The van der Waals surface area contributed by atoms with Crippen molar-refractivity contribution in [1.82, 2.24) is 23.2 Å². The molecular weight excluding hydrogens is 1610 g/mol. The number of halogens is 9. The summed E-state index contributed by atoms with van der Waals surface area (Å²) in [4.78, 5) is 29.7. The Balaban J connectivity index is 0.00000142. The number of nitrogens with two attached hydrogens (primary N) is 4. The third kappa shape index (κ3) is 41.7. The van der Waals surface area contributed by atoms with Crippen LogP contribution in [0.4, 0.5) is 95.6 Å². The Kier molecular flexibility index (Phi) is 52.2. The number of quaternary nitrogens is 1. The monoisotopic (exact) mass is 1720 g/mol. The number of carboxylic acids is 2. The zero-order valence-corrected chi connectivity index (χ0v) is 71.8. The molecule has 0 unspecified atom stereocenters. The number of nitrogens with one attached hydrogen (secondary N) is 1. The van der Waals surface area contributed by atoms with E-state index in [2.05, 4.69) is 158 Å². The summed E-state index contributed by atoms with van der Waals surface area (Å²) in [5, 5.41) is 49.8. The number of aliphatic carboxylic acids is 2. The first-order valence-corrected chi connectivity index (χ1v) is 37.0. The van der Waals surface area contributed by atoms with Gasteiger partial charge in [0, 0.05) is 113 Å². The molecule has 0 aliphatic rings. The lowest BCUT2D eigenvalue weighted by atomic mass is 10.2. The van der Waals surface area contributed by atoms with Gasteiger partial charge >= 0.3 is 48.1 Å². The van der Waals surface area contributed by atoms with Crippen LogP contribution >= 0.6 is 0 Å². The molecule has 0 amide bonds. The highest BCUT2D eigenvalue weighted by Gasteiger charge is 2.39. The molecule has 8 rings (SSSR count). The Bertz CT molecular complexity index is 3990. The van der Waals surface area contributed by atoms with Gasteiger partial charge in [-0.1, -0.05) is 20.5 Å². The second-order valence-electron chi connectivity index (χ2n) is 27.3. The second-order valence-corrected chi connectivity index (χ2v) is 27.3. The van der Waals surface area contributed by atoms with E-state index in [1.807, 2.05) is 189 Å². The van der Waals surface area contributed by atoms with Crippen LogP contribution in [-0.4, -0.2) is 182 Å². The van der Waals surface area contributed by atoms with E-state index in [1.165, 1.54) is 4.90 Å².